The van der Waals surface area contributed by atoms with Gasteiger partial charge in [0.25, 0.3) is 0 Å². The van der Waals surface area contributed by atoms with Gasteiger partial charge in [0.2, 0.25) is 0 Å². The second kappa shape index (κ2) is 5.42. The lowest BCUT2D eigenvalue weighted by Gasteiger charge is -2.19. The fraction of sp³-hybridized carbons (Fsp3) is 0.190. The molecular weight excluding hydrogens is 308 g/mol. The van der Waals surface area contributed by atoms with Gasteiger partial charge in [-0.1, -0.05) is 45.0 Å². The number of nitrogens with zero attached hydrogens (tertiary/aromatic N) is 4. The molecule has 2 aromatic heterocycles. The molecule has 4 nitrogen and oxygen atoms in total. The molecular formula is C21H18N4. The predicted molar refractivity (Wildman–Crippen MR) is 99.3 cm³/mol. The molecule has 0 unspecified atom stereocenters. The molecule has 0 saturated heterocycles. The van der Waals surface area contributed by atoms with Crippen LogP contribution in [0.1, 0.15) is 31.9 Å². The Morgan fingerprint density at radius 1 is 1.04 bits per heavy atom. The molecule has 4 rings (SSSR count). The van der Waals surface area contributed by atoms with Gasteiger partial charge in [0.15, 0.2) is 5.65 Å². The Kier molecular flexibility index (Phi) is 3.33. The third-order valence-corrected chi connectivity index (χ3v) is 4.47. The molecule has 0 amide bonds. The summed E-state index contributed by atoms with van der Waals surface area (Å²) in [5, 5.41) is 9.17. The molecule has 0 saturated carbocycles. The molecule has 2 heterocycles. The molecule has 122 valence electrons. The number of rotatable bonds is 1. The van der Waals surface area contributed by atoms with Gasteiger partial charge in [-0.2, -0.15) is 5.26 Å². The second-order valence-corrected chi connectivity index (χ2v) is 7.22. The van der Waals surface area contributed by atoms with Crippen molar-refractivity contribution >= 4 is 16.7 Å². The molecule has 0 aliphatic heterocycles. The van der Waals surface area contributed by atoms with Gasteiger partial charge >= 0.3 is 0 Å². The topological polar surface area (TPSA) is 54.0 Å². The first-order valence-corrected chi connectivity index (χ1v) is 8.25. The number of aromatic nitrogens is 3. The maximum atomic E-state index is 9.17. The summed E-state index contributed by atoms with van der Waals surface area (Å²) in [6.07, 6.45) is 3.71. The molecule has 0 bridgehead atoms. The van der Waals surface area contributed by atoms with Crippen LogP contribution in [0.4, 0.5) is 0 Å². The standard InChI is InChI=1S/C21H18N4/c1-21(2,3)16-7-5-15(6-8-16)19-20-23-10-11-25(20)18-9-4-14(13-22)12-17(18)24-19/h4-12H,1-3H3. The normalized spacial score (nSPS) is 11.8. The molecule has 2 aromatic carbocycles. The van der Waals surface area contributed by atoms with E-state index in [0.717, 1.165) is 27.9 Å². The van der Waals surface area contributed by atoms with E-state index in [-0.39, 0.29) is 5.41 Å². The van der Waals surface area contributed by atoms with Gasteiger partial charge in [0.05, 0.1) is 22.7 Å². The molecule has 0 radical (unpaired) electrons. The highest BCUT2D eigenvalue weighted by Crippen LogP contribution is 2.29. The van der Waals surface area contributed by atoms with Crippen LogP contribution in [0.15, 0.2) is 54.9 Å². The zero-order valence-electron chi connectivity index (χ0n) is 14.5. The van der Waals surface area contributed by atoms with Crippen LogP contribution in [0.2, 0.25) is 0 Å². The van der Waals surface area contributed by atoms with Gasteiger partial charge in [-0.3, -0.25) is 4.40 Å². The SMILES string of the molecule is CC(C)(C)c1ccc(-c2nc3cc(C#N)ccc3n3ccnc23)cc1. The summed E-state index contributed by atoms with van der Waals surface area (Å²) < 4.78 is 2.02. The number of imidazole rings is 1. The average Bonchev–Trinajstić information content (AvgIpc) is 3.09. The summed E-state index contributed by atoms with van der Waals surface area (Å²) >= 11 is 0. The van der Waals surface area contributed by atoms with Gasteiger partial charge < -0.3 is 0 Å². The minimum atomic E-state index is 0.111. The van der Waals surface area contributed by atoms with E-state index in [4.69, 9.17) is 10.2 Å². The number of fused-ring (bicyclic) bond motifs is 3. The Morgan fingerprint density at radius 2 is 1.80 bits per heavy atom. The first-order valence-electron chi connectivity index (χ1n) is 8.25. The monoisotopic (exact) mass is 326 g/mol. The molecule has 4 aromatic rings. The molecule has 0 N–H and O–H groups in total. The average molecular weight is 326 g/mol. The highest BCUT2D eigenvalue weighted by Gasteiger charge is 2.15. The van der Waals surface area contributed by atoms with Crippen molar-refractivity contribution < 1.29 is 0 Å². The van der Waals surface area contributed by atoms with E-state index < -0.39 is 0 Å². The van der Waals surface area contributed by atoms with Crippen molar-refractivity contribution in [1.29, 1.82) is 5.26 Å². The van der Waals surface area contributed by atoms with E-state index in [9.17, 15) is 0 Å². The van der Waals surface area contributed by atoms with E-state index in [0.29, 0.717) is 5.56 Å². The molecule has 0 spiro atoms. The maximum Gasteiger partial charge on any atom is 0.163 e. The lowest BCUT2D eigenvalue weighted by atomic mass is 9.86. The van der Waals surface area contributed by atoms with Crippen molar-refractivity contribution in [2.45, 2.75) is 26.2 Å². The van der Waals surface area contributed by atoms with Gasteiger partial charge in [0.1, 0.15) is 5.69 Å². The number of hydrogen-bond donors (Lipinski definition) is 0. The van der Waals surface area contributed by atoms with E-state index in [2.05, 4.69) is 56.1 Å². The van der Waals surface area contributed by atoms with Crippen molar-refractivity contribution in [2.75, 3.05) is 0 Å². The summed E-state index contributed by atoms with van der Waals surface area (Å²) in [5.41, 5.74) is 6.40. The fourth-order valence-electron chi connectivity index (χ4n) is 3.05. The van der Waals surface area contributed by atoms with Crippen molar-refractivity contribution in [1.82, 2.24) is 14.4 Å². The highest BCUT2D eigenvalue weighted by atomic mass is 15.0. The Bertz CT molecular complexity index is 1120. The Labute approximate surface area is 146 Å². The van der Waals surface area contributed by atoms with Crippen molar-refractivity contribution in [3.05, 3.63) is 66.0 Å². The van der Waals surface area contributed by atoms with Crippen LogP contribution in [0.25, 0.3) is 27.9 Å². The van der Waals surface area contributed by atoms with Gasteiger partial charge in [-0.25, -0.2) is 9.97 Å². The summed E-state index contributed by atoms with van der Waals surface area (Å²) in [6.45, 7) is 6.60. The van der Waals surface area contributed by atoms with Crippen molar-refractivity contribution in [2.24, 2.45) is 0 Å². The molecule has 0 aliphatic carbocycles. The number of benzene rings is 2. The summed E-state index contributed by atoms with van der Waals surface area (Å²) in [7, 11) is 0. The summed E-state index contributed by atoms with van der Waals surface area (Å²) in [6, 6.07) is 16.2. The van der Waals surface area contributed by atoms with Crippen LogP contribution >= 0.6 is 0 Å². The number of nitriles is 1. The van der Waals surface area contributed by atoms with E-state index >= 15 is 0 Å². The molecule has 25 heavy (non-hydrogen) atoms. The van der Waals surface area contributed by atoms with Crippen LogP contribution in [0, 0.1) is 11.3 Å². The zero-order chi connectivity index (χ0) is 17.6. The largest absolute Gasteiger partial charge is 0.296 e. The first-order chi connectivity index (χ1) is 12.0. The predicted octanol–water partition coefficient (Wildman–Crippen LogP) is 4.72. The van der Waals surface area contributed by atoms with Gasteiger partial charge in [-0.05, 0) is 29.2 Å². The third-order valence-electron chi connectivity index (χ3n) is 4.47. The number of hydrogen-bond acceptors (Lipinski definition) is 3. The Balaban J connectivity index is 1.96. The fourth-order valence-corrected chi connectivity index (χ4v) is 3.05. The molecule has 0 aliphatic rings. The minimum absolute atomic E-state index is 0.111. The smallest absolute Gasteiger partial charge is 0.163 e. The second-order valence-electron chi connectivity index (χ2n) is 7.22. The van der Waals surface area contributed by atoms with Crippen molar-refractivity contribution in [3.63, 3.8) is 0 Å². The zero-order valence-corrected chi connectivity index (χ0v) is 14.5. The van der Waals surface area contributed by atoms with E-state index in [1.807, 2.05) is 22.7 Å². The van der Waals surface area contributed by atoms with Crippen LogP contribution in [0.3, 0.4) is 0 Å². The van der Waals surface area contributed by atoms with Crippen LogP contribution in [0.5, 0.6) is 0 Å². The quantitative estimate of drug-likeness (QED) is 0.508. The van der Waals surface area contributed by atoms with E-state index in [1.54, 1.807) is 12.3 Å². The van der Waals surface area contributed by atoms with Crippen molar-refractivity contribution in [3.8, 4) is 17.3 Å². The molecule has 4 heteroatoms. The Morgan fingerprint density at radius 3 is 2.48 bits per heavy atom. The highest BCUT2D eigenvalue weighted by molar-refractivity contribution is 5.86. The first kappa shape index (κ1) is 15.3. The van der Waals surface area contributed by atoms with Gasteiger partial charge in [0, 0.05) is 18.0 Å². The minimum Gasteiger partial charge on any atom is -0.296 e. The van der Waals surface area contributed by atoms with E-state index in [1.165, 1.54) is 5.56 Å². The lowest BCUT2D eigenvalue weighted by molar-refractivity contribution is 0.590. The summed E-state index contributed by atoms with van der Waals surface area (Å²) in [4.78, 5) is 9.31. The lowest BCUT2D eigenvalue weighted by Crippen LogP contribution is -2.10. The van der Waals surface area contributed by atoms with Crippen LogP contribution < -0.4 is 0 Å². The van der Waals surface area contributed by atoms with Crippen LogP contribution in [-0.4, -0.2) is 14.4 Å². The van der Waals surface area contributed by atoms with Crippen LogP contribution in [-0.2, 0) is 5.41 Å². The molecule has 0 atom stereocenters. The third kappa shape index (κ3) is 2.54. The summed E-state index contributed by atoms with van der Waals surface area (Å²) in [5.74, 6) is 0. The van der Waals surface area contributed by atoms with Gasteiger partial charge in [-0.15, -0.1) is 0 Å². The molecule has 0 fully saturated rings. The maximum absolute atomic E-state index is 9.17. The Hall–Kier alpha value is -3.19.